The van der Waals surface area contributed by atoms with Gasteiger partial charge in [0.05, 0.1) is 17.6 Å². The zero-order valence-electron chi connectivity index (χ0n) is 10.6. The molecule has 4 heteroatoms. The van der Waals surface area contributed by atoms with Crippen LogP contribution in [0.1, 0.15) is 18.7 Å². The second-order valence-electron chi connectivity index (χ2n) is 5.04. The predicted molar refractivity (Wildman–Crippen MR) is 73.4 cm³/mol. The Kier molecular flexibility index (Phi) is 3.57. The fourth-order valence-corrected chi connectivity index (χ4v) is 2.58. The minimum Gasteiger partial charge on any atom is -0.341 e. The van der Waals surface area contributed by atoms with Gasteiger partial charge in [0, 0.05) is 0 Å². The van der Waals surface area contributed by atoms with Gasteiger partial charge in [-0.15, -0.1) is 0 Å². The van der Waals surface area contributed by atoms with Crippen molar-refractivity contribution in [1.82, 2.24) is 20.6 Å². The van der Waals surface area contributed by atoms with Crippen LogP contribution >= 0.6 is 0 Å². The van der Waals surface area contributed by atoms with E-state index in [9.17, 15) is 0 Å². The van der Waals surface area contributed by atoms with Gasteiger partial charge in [0.25, 0.3) is 0 Å². The number of aromatic nitrogens is 2. The summed E-state index contributed by atoms with van der Waals surface area (Å²) in [4.78, 5) is 7.91. The van der Waals surface area contributed by atoms with Gasteiger partial charge in [-0.25, -0.2) is 4.98 Å². The van der Waals surface area contributed by atoms with E-state index in [0.717, 1.165) is 42.4 Å². The minimum atomic E-state index is 0.767. The van der Waals surface area contributed by atoms with Crippen molar-refractivity contribution in [3.63, 3.8) is 0 Å². The molecule has 0 amide bonds. The molecule has 4 nitrogen and oxygen atoms in total. The van der Waals surface area contributed by atoms with E-state index in [-0.39, 0.29) is 0 Å². The lowest BCUT2D eigenvalue weighted by molar-refractivity contribution is 0.359. The highest BCUT2D eigenvalue weighted by atomic mass is 15.0. The molecular weight excluding hydrogens is 224 g/mol. The number of piperidine rings is 1. The van der Waals surface area contributed by atoms with E-state index in [2.05, 4.69) is 26.7 Å². The molecule has 0 bridgehead atoms. The molecule has 3 N–H and O–H groups in total. The number of imidazole rings is 1. The molecule has 1 aliphatic rings. The second kappa shape index (κ2) is 5.50. The van der Waals surface area contributed by atoms with Crippen molar-refractivity contribution < 1.29 is 0 Å². The number of aromatic amines is 1. The Bertz CT molecular complexity index is 466. The first-order chi connectivity index (χ1) is 8.92. The summed E-state index contributed by atoms with van der Waals surface area (Å²) in [6.45, 7) is 4.22. The van der Waals surface area contributed by atoms with Crippen molar-refractivity contribution in [2.24, 2.45) is 5.92 Å². The molecule has 2 heterocycles. The molecule has 1 aromatic heterocycles. The smallest absolute Gasteiger partial charge is 0.121 e. The number of benzene rings is 1. The highest BCUT2D eigenvalue weighted by Crippen LogP contribution is 2.11. The van der Waals surface area contributed by atoms with Gasteiger partial charge in [0.15, 0.2) is 0 Å². The Balaban J connectivity index is 1.53. The first-order valence-corrected chi connectivity index (χ1v) is 6.77. The molecular formula is C14H20N4. The average Bonchev–Trinajstić information content (AvgIpc) is 2.82. The Morgan fingerprint density at radius 1 is 1.33 bits per heavy atom. The van der Waals surface area contributed by atoms with Crippen molar-refractivity contribution in [2.75, 3.05) is 19.6 Å². The molecule has 0 spiro atoms. The number of para-hydroxylation sites is 2. The summed E-state index contributed by atoms with van der Waals surface area (Å²) in [6, 6.07) is 8.16. The summed E-state index contributed by atoms with van der Waals surface area (Å²) in [7, 11) is 0. The van der Waals surface area contributed by atoms with E-state index in [0.29, 0.717) is 0 Å². The molecule has 0 aliphatic carbocycles. The lowest BCUT2D eigenvalue weighted by atomic mass is 10.00. The highest BCUT2D eigenvalue weighted by Gasteiger charge is 2.12. The molecule has 1 atom stereocenters. The Labute approximate surface area is 107 Å². The minimum absolute atomic E-state index is 0.767. The zero-order chi connectivity index (χ0) is 12.2. The summed E-state index contributed by atoms with van der Waals surface area (Å²) in [5, 5.41) is 6.94. The van der Waals surface area contributed by atoms with Crippen LogP contribution in [0.25, 0.3) is 11.0 Å². The first-order valence-electron chi connectivity index (χ1n) is 6.77. The lowest BCUT2D eigenvalue weighted by Crippen LogP contribution is -2.35. The molecule has 0 saturated carbocycles. The van der Waals surface area contributed by atoms with Crippen molar-refractivity contribution in [2.45, 2.75) is 19.4 Å². The van der Waals surface area contributed by atoms with Crippen LogP contribution in [-0.4, -0.2) is 29.6 Å². The average molecular weight is 244 g/mol. The van der Waals surface area contributed by atoms with Gasteiger partial charge < -0.3 is 15.6 Å². The normalized spacial score (nSPS) is 20.3. The lowest BCUT2D eigenvalue weighted by Gasteiger charge is -2.22. The van der Waals surface area contributed by atoms with Crippen LogP contribution in [0.5, 0.6) is 0 Å². The maximum atomic E-state index is 4.56. The SMILES string of the molecule is c1ccc2[nH]c(CNCC3CCCNC3)nc2c1. The molecule has 3 rings (SSSR count). The van der Waals surface area contributed by atoms with Crippen LogP contribution in [0.2, 0.25) is 0 Å². The van der Waals surface area contributed by atoms with Gasteiger partial charge in [0.1, 0.15) is 5.82 Å². The molecule has 18 heavy (non-hydrogen) atoms. The van der Waals surface area contributed by atoms with Crippen molar-refractivity contribution in [3.05, 3.63) is 30.1 Å². The molecule has 2 aromatic rings. The van der Waals surface area contributed by atoms with Crippen LogP contribution in [0.4, 0.5) is 0 Å². The Morgan fingerprint density at radius 3 is 3.11 bits per heavy atom. The summed E-state index contributed by atoms with van der Waals surface area (Å²) in [6.07, 6.45) is 2.64. The molecule has 1 unspecified atom stereocenters. The summed E-state index contributed by atoms with van der Waals surface area (Å²) < 4.78 is 0. The topological polar surface area (TPSA) is 52.7 Å². The fraction of sp³-hybridized carbons (Fsp3) is 0.500. The van der Waals surface area contributed by atoms with E-state index >= 15 is 0 Å². The fourth-order valence-electron chi connectivity index (χ4n) is 2.58. The number of hydrogen-bond acceptors (Lipinski definition) is 3. The number of fused-ring (bicyclic) bond motifs is 1. The molecule has 1 fully saturated rings. The molecule has 1 saturated heterocycles. The third-order valence-corrected chi connectivity index (χ3v) is 3.56. The van der Waals surface area contributed by atoms with E-state index in [1.54, 1.807) is 0 Å². The van der Waals surface area contributed by atoms with Gasteiger partial charge in [0.2, 0.25) is 0 Å². The number of rotatable bonds is 4. The van der Waals surface area contributed by atoms with Crippen LogP contribution in [-0.2, 0) is 6.54 Å². The number of H-pyrrole nitrogens is 1. The van der Waals surface area contributed by atoms with Crippen LogP contribution in [0.3, 0.4) is 0 Å². The van der Waals surface area contributed by atoms with Crippen LogP contribution < -0.4 is 10.6 Å². The Morgan fingerprint density at radius 2 is 2.28 bits per heavy atom. The Hall–Kier alpha value is -1.39. The van der Waals surface area contributed by atoms with E-state index < -0.39 is 0 Å². The number of hydrogen-bond donors (Lipinski definition) is 3. The van der Waals surface area contributed by atoms with E-state index in [1.807, 2.05) is 18.2 Å². The number of nitrogens with one attached hydrogen (secondary N) is 3. The molecule has 0 radical (unpaired) electrons. The summed E-state index contributed by atoms with van der Waals surface area (Å²) >= 11 is 0. The summed E-state index contributed by atoms with van der Waals surface area (Å²) in [5.74, 6) is 1.79. The summed E-state index contributed by atoms with van der Waals surface area (Å²) in [5.41, 5.74) is 2.17. The predicted octanol–water partition coefficient (Wildman–Crippen LogP) is 1.65. The first kappa shape index (κ1) is 11.7. The molecule has 96 valence electrons. The van der Waals surface area contributed by atoms with E-state index in [1.165, 1.54) is 19.4 Å². The van der Waals surface area contributed by atoms with Crippen LogP contribution in [0.15, 0.2) is 24.3 Å². The molecule has 1 aromatic carbocycles. The monoisotopic (exact) mass is 244 g/mol. The van der Waals surface area contributed by atoms with Gasteiger partial charge >= 0.3 is 0 Å². The third-order valence-electron chi connectivity index (χ3n) is 3.56. The quantitative estimate of drug-likeness (QED) is 0.766. The zero-order valence-corrected chi connectivity index (χ0v) is 10.6. The highest BCUT2D eigenvalue weighted by molar-refractivity contribution is 5.74. The van der Waals surface area contributed by atoms with Gasteiger partial charge in [-0.3, -0.25) is 0 Å². The van der Waals surface area contributed by atoms with Gasteiger partial charge in [-0.05, 0) is 50.5 Å². The van der Waals surface area contributed by atoms with Crippen molar-refractivity contribution in [3.8, 4) is 0 Å². The maximum Gasteiger partial charge on any atom is 0.121 e. The van der Waals surface area contributed by atoms with E-state index in [4.69, 9.17) is 0 Å². The van der Waals surface area contributed by atoms with Gasteiger partial charge in [-0.1, -0.05) is 12.1 Å². The van der Waals surface area contributed by atoms with Crippen LogP contribution in [0, 0.1) is 5.92 Å². The number of nitrogens with zero attached hydrogens (tertiary/aromatic N) is 1. The maximum absolute atomic E-state index is 4.56. The molecule has 1 aliphatic heterocycles. The third kappa shape index (κ3) is 2.71. The second-order valence-corrected chi connectivity index (χ2v) is 5.04. The van der Waals surface area contributed by atoms with Crippen molar-refractivity contribution in [1.29, 1.82) is 0 Å². The van der Waals surface area contributed by atoms with Crippen molar-refractivity contribution >= 4 is 11.0 Å². The largest absolute Gasteiger partial charge is 0.341 e. The van der Waals surface area contributed by atoms with Gasteiger partial charge in [-0.2, -0.15) is 0 Å². The standard InChI is InChI=1S/C14H20N4/c1-2-6-13-12(5-1)17-14(18-13)10-16-9-11-4-3-7-15-8-11/h1-2,5-6,11,15-16H,3-4,7-10H2,(H,17,18).